The van der Waals surface area contributed by atoms with Crippen molar-refractivity contribution in [3.63, 3.8) is 0 Å². The van der Waals surface area contributed by atoms with Gasteiger partial charge in [0.15, 0.2) is 0 Å². The van der Waals surface area contributed by atoms with E-state index in [4.69, 9.17) is 4.74 Å². The summed E-state index contributed by atoms with van der Waals surface area (Å²) in [6.07, 6.45) is 0.907. The lowest BCUT2D eigenvalue weighted by Crippen LogP contribution is -2.43. The molecule has 2 atom stereocenters. The predicted molar refractivity (Wildman–Crippen MR) is 101 cm³/mol. The van der Waals surface area contributed by atoms with Crippen molar-refractivity contribution < 1.29 is 14.6 Å². The third-order valence-corrected chi connectivity index (χ3v) is 5.90. The lowest BCUT2D eigenvalue weighted by atomic mass is 9.76. The third kappa shape index (κ3) is 2.93. The maximum Gasteiger partial charge on any atom is 0.254 e. The van der Waals surface area contributed by atoms with Crippen molar-refractivity contribution in [3.05, 3.63) is 59.7 Å². The van der Waals surface area contributed by atoms with Gasteiger partial charge >= 0.3 is 0 Å². The fourth-order valence-electron chi connectivity index (χ4n) is 4.38. The normalized spacial score (nSPS) is 25.2. The van der Waals surface area contributed by atoms with E-state index >= 15 is 0 Å². The second-order valence-corrected chi connectivity index (χ2v) is 7.66. The first-order valence-corrected chi connectivity index (χ1v) is 9.27. The minimum absolute atomic E-state index is 0.0457. The maximum atomic E-state index is 13.3. The zero-order valence-electron chi connectivity index (χ0n) is 15.1. The number of ether oxygens (including phenoxy) is 1. The molecule has 1 N–H and O–H groups in total. The Morgan fingerprint density at radius 2 is 2.12 bits per heavy atom. The van der Waals surface area contributed by atoms with Crippen LogP contribution in [-0.2, 0) is 4.74 Å². The summed E-state index contributed by atoms with van der Waals surface area (Å²) >= 11 is 0. The van der Waals surface area contributed by atoms with Gasteiger partial charge < -0.3 is 14.7 Å². The van der Waals surface area contributed by atoms with Crippen LogP contribution in [0.25, 0.3) is 11.1 Å². The number of fused-ring (bicyclic) bond motifs is 1. The first-order valence-electron chi connectivity index (χ1n) is 9.27. The smallest absolute Gasteiger partial charge is 0.254 e. The molecule has 0 aliphatic carbocycles. The summed E-state index contributed by atoms with van der Waals surface area (Å²) in [5.41, 5.74) is 3.63. The Morgan fingerprint density at radius 3 is 2.88 bits per heavy atom. The number of carbonyl (C=O) groups excluding carboxylic acids is 1. The van der Waals surface area contributed by atoms with Gasteiger partial charge in [0, 0.05) is 30.7 Å². The van der Waals surface area contributed by atoms with Crippen molar-refractivity contribution in [2.24, 2.45) is 11.3 Å². The number of likely N-dealkylation sites (tertiary alicyclic amines) is 1. The molecule has 2 aromatic carbocycles. The minimum Gasteiger partial charge on any atom is -0.396 e. The number of hydrogen-bond acceptors (Lipinski definition) is 3. The van der Waals surface area contributed by atoms with Gasteiger partial charge in [0.05, 0.1) is 13.2 Å². The van der Waals surface area contributed by atoms with Crippen molar-refractivity contribution >= 4 is 5.91 Å². The summed E-state index contributed by atoms with van der Waals surface area (Å²) in [7, 11) is 0. The third-order valence-electron chi connectivity index (χ3n) is 5.90. The van der Waals surface area contributed by atoms with Crippen molar-refractivity contribution in [2.45, 2.75) is 13.3 Å². The van der Waals surface area contributed by atoms with E-state index in [2.05, 4.69) is 19.1 Å². The highest BCUT2D eigenvalue weighted by molar-refractivity contribution is 6.01. The molecule has 0 spiro atoms. The Hall–Kier alpha value is -2.17. The molecule has 0 radical (unpaired) electrons. The lowest BCUT2D eigenvalue weighted by Gasteiger charge is -2.36. The highest BCUT2D eigenvalue weighted by Gasteiger charge is 2.49. The highest BCUT2D eigenvalue weighted by atomic mass is 16.5. The number of amides is 1. The Bertz CT molecular complexity index is 819. The number of hydrogen-bond donors (Lipinski definition) is 1. The molecule has 2 aromatic rings. The van der Waals surface area contributed by atoms with Gasteiger partial charge in [-0.25, -0.2) is 0 Å². The summed E-state index contributed by atoms with van der Waals surface area (Å²) in [6, 6.07) is 16.0. The van der Waals surface area contributed by atoms with E-state index in [0.717, 1.165) is 23.1 Å². The molecule has 2 aliphatic heterocycles. The van der Waals surface area contributed by atoms with Gasteiger partial charge in [0.25, 0.3) is 5.91 Å². The van der Waals surface area contributed by atoms with Crippen LogP contribution < -0.4 is 0 Å². The average Bonchev–Trinajstić information content (AvgIpc) is 3.08. The number of rotatable bonds is 3. The SMILES string of the molecule is Cc1cccc(-c2ccccc2C(=O)N2C[C@@H]3CCOC[C@]3(CO)C2)c1. The minimum atomic E-state index is -0.299. The number of nitrogens with zero attached hydrogens (tertiary/aromatic N) is 1. The molecule has 2 heterocycles. The summed E-state index contributed by atoms with van der Waals surface area (Å²) in [5.74, 6) is 0.362. The van der Waals surface area contributed by atoms with E-state index in [-0.39, 0.29) is 17.9 Å². The predicted octanol–water partition coefficient (Wildman–Crippen LogP) is 3.13. The Balaban J connectivity index is 1.66. The van der Waals surface area contributed by atoms with Crippen molar-refractivity contribution in [3.8, 4) is 11.1 Å². The fraction of sp³-hybridized carbons (Fsp3) is 0.409. The Kier molecular flexibility index (Phi) is 4.55. The molecule has 2 saturated heterocycles. The van der Waals surface area contributed by atoms with Crippen molar-refractivity contribution in [1.82, 2.24) is 4.90 Å². The topological polar surface area (TPSA) is 49.8 Å². The number of carbonyl (C=O) groups is 1. The van der Waals surface area contributed by atoms with E-state index in [1.54, 1.807) is 0 Å². The van der Waals surface area contributed by atoms with Crippen LogP contribution in [0, 0.1) is 18.3 Å². The van der Waals surface area contributed by atoms with E-state index in [1.165, 1.54) is 5.56 Å². The fourth-order valence-corrected chi connectivity index (χ4v) is 4.38. The van der Waals surface area contributed by atoms with Gasteiger partial charge in [0.1, 0.15) is 0 Å². The lowest BCUT2D eigenvalue weighted by molar-refractivity contribution is -0.0556. The standard InChI is InChI=1S/C22H25NO3/c1-16-5-4-6-17(11-16)19-7-2-3-8-20(19)21(25)23-12-18-9-10-26-15-22(18,13-23)14-24/h2-8,11,18,24H,9-10,12-15H2,1H3/t18-,22+/m0/s1. The zero-order valence-corrected chi connectivity index (χ0v) is 15.1. The first-order chi connectivity index (χ1) is 12.6. The zero-order chi connectivity index (χ0) is 18.1. The van der Waals surface area contributed by atoms with Gasteiger partial charge in [-0.15, -0.1) is 0 Å². The largest absolute Gasteiger partial charge is 0.396 e. The van der Waals surface area contributed by atoms with Crippen LogP contribution in [0.5, 0.6) is 0 Å². The summed E-state index contributed by atoms with van der Waals surface area (Å²) in [6.45, 7) is 4.65. The molecular weight excluding hydrogens is 326 g/mol. The molecule has 4 heteroatoms. The van der Waals surface area contributed by atoms with Crippen molar-refractivity contribution in [2.75, 3.05) is 32.9 Å². The number of benzene rings is 2. The molecule has 0 saturated carbocycles. The van der Waals surface area contributed by atoms with Gasteiger partial charge in [0.2, 0.25) is 0 Å². The molecule has 2 aliphatic rings. The van der Waals surface area contributed by atoms with Crippen LogP contribution in [0.4, 0.5) is 0 Å². The van der Waals surface area contributed by atoms with Gasteiger partial charge in [-0.3, -0.25) is 4.79 Å². The number of aryl methyl sites for hydroxylation is 1. The van der Waals surface area contributed by atoms with E-state index in [1.807, 2.05) is 41.3 Å². The first kappa shape index (κ1) is 17.3. The Labute approximate surface area is 154 Å². The molecule has 26 heavy (non-hydrogen) atoms. The molecule has 4 nitrogen and oxygen atoms in total. The van der Waals surface area contributed by atoms with Gasteiger partial charge in [-0.1, -0.05) is 48.0 Å². The average molecular weight is 351 g/mol. The second kappa shape index (κ2) is 6.86. The molecule has 2 fully saturated rings. The van der Waals surface area contributed by atoms with E-state index in [0.29, 0.717) is 32.2 Å². The number of aliphatic hydroxyl groups excluding tert-OH is 1. The molecule has 136 valence electrons. The Morgan fingerprint density at radius 1 is 1.27 bits per heavy atom. The van der Waals surface area contributed by atoms with Crippen LogP contribution in [0.15, 0.2) is 48.5 Å². The number of aliphatic hydroxyl groups is 1. The molecular formula is C22H25NO3. The van der Waals surface area contributed by atoms with E-state index in [9.17, 15) is 9.90 Å². The van der Waals surface area contributed by atoms with Crippen molar-refractivity contribution in [1.29, 1.82) is 0 Å². The molecule has 0 aromatic heterocycles. The summed E-state index contributed by atoms with van der Waals surface area (Å²) in [4.78, 5) is 15.2. The van der Waals surface area contributed by atoms with Crippen LogP contribution in [0.3, 0.4) is 0 Å². The van der Waals surface area contributed by atoms with Gasteiger partial charge in [-0.2, -0.15) is 0 Å². The van der Waals surface area contributed by atoms with E-state index < -0.39 is 0 Å². The molecule has 1 amide bonds. The molecule has 0 bridgehead atoms. The maximum absolute atomic E-state index is 13.3. The monoisotopic (exact) mass is 351 g/mol. The van der Waals surface area contributed by atoms with Crippen LogP contribution in [-0.4, -0.2) is 48.8 Å². The highest BCUT2D eigenvalue weighted by Crippen LogP contribution is 2.41. The van der Waals surface area contributed by atoms with Crippen LogP contribution in [0.1, 0.15) is 22.3 Å². The summed E-state index contributed by atoms with van der Waals surface area (Å²) in [5, 5.41) is 9.97. The van der Waals surface area contributed by atoms with Crippen LogP contribution >= 0.6 is 0 Å². The molecule has 0 unspecified atom stereocenters. The molecule has 4 rings (SSSR count). The van der Waals surface area contributed by atoms with Crippen LogP contribution in [0.2, 0.25) is 0 Å². The second-order valence-electron chi connectivity index (χ2n) is 7.66. The summed E-state index contributed by atoms with van der Waals surface area (Å²) < 4.78 is 5.62. The van der Waals surface area contributed by atoms with Gasteiger partial charge in [-0.05, 0) is 36.5 Å². The quantitative estimate of drug-likeness (QED) is 0.924.